The predicted molar refractivity (Wildman–Crippen MR) is 142 cm³/mol. The first kappa shape index (κ1) is 24.3. The van der Waals surface area contributed by atoms with Gasteiger partial charge in [0.15, 0.2) is 6.23 Å². The van der Waals surface area contributed by atoms with Crippen LogP contribution in [0.15, 0.2) is 76.3 Å². The Bertz CT molecular complexity index is 1690. The number of rotatable bonds is 6. The summed E-state index contributed by atoms with van der Waals surface area (Å²) in [5.41, 5.74) is 4.55. The van der Waals surface area contributed by atoms with E-state index in [1.807, 2.05) is 48.7 Å². The average Bonchev–Trinajstić information content (AvgIpc) is 3.58. The van der Waals surface area contributed by atoms with Gasteiger partial charge >= 0.3 is 5.69 Å². The molecule has 9 nitrogen and oxygen atoms in total. The molecule has 0 aliphatic carbocycles. The summed E-state index contributed by atoms with van der Waals surface area (Å²) in [6.07, 6.45) is 2.16. The number of carbonyl (C=O) groups is 1. The fourth-order valence-corrected chi connectivity index (χ4v) is 4.90. The topological polar surface area (TPSA) is 109 Å². The largest absolute Gasteiger partial charge is 0.341 e. The molecule has 1 aliphatic rings. The van der Waals surface area contributed by atoms with Crippen LogP contribution >= 0.6 is 15.9 Å². The number of aromatic amines is 2. The maximum atomic E-state index is 13.6. The van der Waals surface area contributed by atoms with Crippen LogP contribution in [0.5, 0.6) is 0 Å². The number of nitrogens with zero attached hydrogens (tertiary/aromatic N) is 4. The van der Waals surface area contributed by atoms with E-state index in [2.05, 4.69) is 30.9 Å². The molecule has 3 aromatic heterocycles. The summed E-state index contributed by atoms with van der Waals surface area (Å²) in [4.78, 5) is 36.2. The van der Waals surface area contributed by atoms with Gasteiger partial charge in [-0.15, -0.1) is 0 Å². The Morgan fingerprint density at radius 2 is 1.84 bits per heavy atom. The Balaban J connectivity index is 1.36. The number of imidazole rings is 1. The summed E-state index contributed by atoms with van der Waals surface area (Å²) in [5, 5.41) is 4.76. The summed E-state index contributed by atoms with van der Waals surface area (Å²) in [7, 11) is 0. The lowest BCUT2D eigenvalue weighted by Crippen LogP contribution is -2.32. The maximum absolute atomic E-state index is 13.6. The van der Waals surface area contributed by atoms with Crippen molar-refractivity contribution in [3.05, 3.63) is 98.9 Å². The molecule has 2 N–H and O–H groups in total. The monoisotopic (exact) mass is 576 g/mol. The fraction of sp³-hybridized carbons (Fsp3) is 0.185. The van der Waals surface area contributed by atoms with Gasteiger partial charge in [-0.1, -0.05) is 22.0 Å². The zero-order chi connectivity index (χ0) is 26.4. The van der Waals surface area contributed by atoms with Crippen molar-refractivity contribution >= 4 is 32.9 Å². The van der Waals surface area contributed by atoms with E-state index in [0.717, 1.165) is 27.4 Å². The van der Waals surface area contributed by atoms with Crippen LogP contribution in [0.3, 0.4) is 0 Å². The van der Waals surface area contributed by atoms with Gasteiger partial charge in [-0.2, -0.15) is 5.10 Å². The van der Waals surface area contributed by atoms with Crippen molar-refractivity contribution in [2.45, 2.75) is 25.7 Å². The van der Waals surface area contributed by atoms with Crippen LogP contribution in [0.1, 0.15) is 24.3 Å². The highest BCUT2D eigenvalue weighted by Crippen LogP contribution is 2.37. The number of pyridine rings is 1. The molecule has 0 bridgehead atoms. The van der Waals surface area contributed by atoms with Crippen LogP contribution in [0.4, 0.5) is 4.39 Å². The second-order valence-corrected chi connectivity index (χ2v) is 10.0. The van der Waals surface area contributed by atoms with Gasteiger partial charge in [0.2, 0.25) is 0 Å². The number of carbonyl (C=O) groups excluding carboxylic acids is 1. The molecule has 2 atom stereocenters. The van der Waals surface area contributed by atoms with Gasteiger partial charge < -0.3 is 19.6 Å². The van der Waals surface area contributed by atoms with Crippen molar-refractivity contribution in [1.82, 2.24) is 29.6 Å². The van der Waals surface area contributed by atoms with Crippen molar-refractivity contribution in [2.24, 2.45) is 0 Å². The quantitative estimate of drug-likeness (QED) is 0.309. The molecule has 1 amide bonds. The standard InChI is InChI=1S/C27H22BrFN6O3/c1-15-25(36)34(11-10-16-2-8-21-23(12-16)32-27(37)31-21)26(38-15)20-14-35(19-6-3-17(28)4-7-19)33-24(20)22-9-5-18(29)13-30-22/h2-9,12-15,26H,10-11H2,1H3,(H2,31,32,37). The van der Waals surface area contributed by atoms with Crippen molar-refractivity contribution in [2.75, 3.05) is 6.54 Å². The van der Waals surface area contributed by atoms with Crippen molar-refractivity contribution in [3.63, 3.8) is 0 Å². The van der Waals surface area contributed by atoms with E-state index in [9.17, 15) is 14.0 Å². The van der Waals surface area contributed by atoms with Crippen LogP contribution < -0.4 is 5.69 Å². The van der Waals surface area contributed by atoms with E-state index in [1.165, 1.54) is 6.07 Å². The van der Waals surface area contributed by atoms with E-state index < -0.39 is 18.1 Å². The fourth-order valence-electron chi connectivity index (χ4n) is 4.64. The van der Waals surface area contributed by atoms with Crippen LogP contribution in [0.25, 0.3) is 28.1 Å². The lowest BCUT2D eigenvalue weighted by Gasteiger charge is -2.23. The predicted octanol–water partition coefficient (Wildman–Crippen LogP) is 4.49. The van der Waals surface area contributed by atoms with Gasteiger partial charge in [-0.25, -0.2) is 13.9 Å². The smallest absolute Gasteiger partial charge is 0.323 e. The molecule has 11 heteroatoms. The molecule has 0 saturated carbocycles. The molecule has 38 heavy (non-hydrogen) atoms. The third-order valence-electron chi connectivity index (χ3n) is 6.54. The number of amides is 1. The van der Waals surface area contributed by atoms with Gasteiger partial charge in [0.25, 0.3) is 5.91 Å². The Morgan fingerprint density at radius 1 is 1.05 bits per heavy atom. The highest BCUT2D eigenvalue weighted by atomic mass is 79.9. The average molecular weight is 577 g/mol. The summed E-state index contributed by atoms with van der Waals surface area (Å²) in [5.74, 6) is -0.591. The van der Waals surface area contributed by atoms with E-state index in [4.69, 9.17) is 9.84 Å². The number of halogens is 2. The lowest BCUT2D eigenvalue weighted by atomic mass is 10.1. The molecule has 1 aliphatic heterocycles. The zero-order valence-electron chi connectivity index (χ0n) is 20.2. The molecule has 192 valence electrons. The summed E-state index contributed by atoms with van der Waals surface area (Å²) in [6, 6.07) is 16.2. The number of H-pyrrole nitrogens is 2. The van der Waals surface area contributed by atoms with Gasteiger partial charge in [-0.3, -0.25) is 9.78 Å². The molecule has 2 aromatic carbocycles. The molecule has 5 aromatic rings. The number of hydrogen-bond donors (Lipinski definition) is 2. The van der Waals surface area contributed by atoms with Crippen molar-refractivity contribution in [1.29, 1.82) is 0 Å². The summed E-state index contributed by atoms with van der Waals surface area (Å²) >= 11 is 3.45. The molecule has 0 spiro atoms. The van der Waals surface area contributed by atoms with Crippen LogP contribution in [0.2, 0.25) is 0 Å². The molecule has 6 rings (SSSR count). The summed E-state index contributed by atoms with van der Waals surface area (Å²) < 4.78 is 22.4. The molecule has 4 heterocycles. The molecule has 1 saturated heterocycles. The summed E-state index contributed by atoms with van der Waals surface area (Å²) in [6.45, 7) is 2.11. The number of hydrogen-bond acceptors (Lipinski definition) is 5. The number of nitrogens with one attached hydrogen (secondary N) is 2. The Hall–Kier alpha value is -4.09. The van der Waals surface area contributed by atoms with Gasteiger partial charge in [0.1, 0.15) is 17.6 Å². The maximum Gasteiger partial charge on any atom is 0.323 e. The van der Waals surface area contributed by atoms with Gasteiger partial charge in [0.05, 0.1) is 28.6 Å². The SMILES string of the molecule is CC1OC(c2cn(-c3ccc(Br)cc3)nc2-c2ccc(F)cn2)N(CCc2ccc3[nH]c(=O)[nH]c3c2)C1=O. The van der Waals surface area contributed by atoms with Gasteiger partial charge in [-0.05, 0) is 67.4 Å². The lowest BCUT2D eigenvalue weighted by molar-refractivity contribution is -0.130. The molecular formula is C27H22BrFN6O3. The van der Waals surface area contributed by atoms with Gasteiger partial charge in [0, 0.05) is 22.8 Å². The Labute approximate surface area is 224 Å². The van der Waals surface area contributed by atoms with Crippen molar-refractivity contribution < 1.29 is 13.9 Å². The van der Waals surface area contributed by atoms with E-state index >= 15 is 0 Å². The zero-order valence-corrected chi connectivity index (χ0v) is 21.8. The highest BCUT2D eigenvalue weighted by molar-refractivity contribution is 9.10. The van der Waals surface area contributed by atoms with Crippen molar-refractivity contribution in [3.8, 4) is 17.1 Å². The van der Waals surface area contributed by atoms with E-state index in [-0.39, 0.29) is 11.6 Å². The third kappa shape index (κ3) is 4.54. The Kier molecular flexibility index (Phi) is 6.16. The molecular weight excluding hydrogens is 555 g/mol. The number of benzene rings is 2. The first-order chi connectivity index (χ1) is 18.4. The number of ether oxygens (including phenoxy) is 1. The minimum absolute atomic E-state index is 0.138. The first-order valence-electron chi connectivity index (χ1n) is 12.0. The van der Waals surface area contributed by atoms with Crippen LogP contribution in [-0.4, -0.2) is 48.2 Å². The van der Waals surface area contributed by atoms with E-state index in [0.29, 0.717) is 35.4 Å². The second kappa shape index (κ2) is 9.66. The highest BCUT2D eigenvalue weighted by Gasteiger charge is 2.40. The normalized spacial score (nSPS) is 17.6. The van der Waals surface area contributed by atoms with E-state index in [1.54, 1.807) is 22.6 Å². The third-order valence-corrected chi connectivity index (χ3v) is 7.07. The first-order valence-corrected chi connectivity index (χ1v) is 12.8. The van der Waals surface area contributed by atoms with Crippen LogP contribution in [-0.2, 0) is 16.0 Å². The number of fused-ring (bicyclic) bond motifs is 1. The minimum Gasteiger partial charge on any atom is -0.341 e. The van der Waals surface area contributed by atoms with Crippen LogP contribution in [0, 0.1) is 5.82 Å². The number of aromatic nitrogens is 5. The minimum atomic E-state index is -0.709. The second-order valence-electron chi connectivity index (χ2n) is 9.09. The Morgan fingerprint density at radius 3 is 2.61 bits per heavy atom. The molecule has 1 fully saturated rings. The molecule has 0 radical (unpaired) electrons. The molecule has 2 unspecified atom stereocenters.